The molecule has 0 bridgehead atoms. The minimum Gasteiger partial charge on any atom is -0.480 e. The molecule has 1 atom stereocenters. The lowest BCUT2D eigenvalue weighted by Crippen LogP contribution is -2.40. The zero-order chi connectivity index (χ0) is 14.4. The van der Waals surface area contributed by atoms with Gasteiger partial charge in [0.15, 0.2) is 0 Å². The molecule has 1 aromatic rings. The van der Waals surface area contributed by atoms with Gasteiger partial charge in [-0.15, -0.1) is 0 Å². The zero-order valence-electron chi connectivity index (χ0n) is 10.3. The monoisotopic (exact) mass is 266 g/mol. The number of nitro groups is 1. The van der Waals surface area contributed by atoms with Crippen LogP contribution in [0.15, 0.2) is 24.3 Å². The van der Waals surface area contributed by atoms with Gasteiger partial charge in [-0.05, 0) is 12.0 Å². The average Bonchev–Trinajstić information content (AvgIpc) is 2.36. The fraction of sp³-hybridized carbons (Fsp3) is 0.333. The van der Waals surface area contributed by atoms with Gasteiger partial charge in [-0.3, -0.25) is 14.9 Å². The van der Waals surface area contributed by atoms with E-state index in [4.69, 9.17) is 5.11 Å². The third-order valence-corrected chi connectivity index (χ3v) is 2.55. The Kier molecular flexibility index (Phi) is 4.99. The first-order valence-electron chi connectivity index (χ1n) is 5.69. The Balaban J connectivity index is 2.61. The Morgan fingerprint density at radius 2 is 1.95 bits per heavy atom. The summed E-state index contributed by atoms with van der Waals surface area (Å²) >= 11 is 0. The van der Waals surface area contributed by atoms with Crippen LogP contribution in [0.1, 0.15) is 18.9 Å². The highest BCUT2D eigenvalue weighted by atomic mass is 16.6. The van der Waals surface area contributed by atoms with Crippen LogP contribution in [0.25, 0.3) is 0 Å². The van der Waals surface area contributed by atoms with Crippen molar-refractivity contribution in [3.63, 3.8) is 0 Å². The van der Waals surface area contributed by atoms with Crippen LogP contribution in [0.5, 0.6) is 0 Å². The fourth-order valence-corrected chi connectivity index (χ4v) is 1.50. The smallest absolute Gasteiger partial charge is 0.326 e. The first-order valence-corrected chi connectivity index (χ1v) is 5.69. The summed E-state index contributed by atoms with van der Waals surface area (Å²) in [6.07, 6.45) is 0.281. The van der Waals surface area contributed by atoms with E-state index in [-0.39, 0.29) is 12.1 Å². The average molecular weight is 266 g/mol. The third-order valence-electron chi connectivity index (χ3n) is 2.55. The molecule has 0 saturated heterocycles. The number of carbonyl (C=O) groups excluding carboxylic acids is 1. The molecular formula is C12H14N2O5. The Labute approximate surface area is 109 Å². The second-order valence-electron chi connectivity index (χ2n) is 3.97. The predicted molar refractivity (Wildman–Crippen MR) is 66.7 cm³/mol. The molecule has 102 valence electrons. The summed E-state index contributed by atoms with van der Waals surface area (Å²) in [6, 6.07) is 4.64. The van der Waals surface area contributed by atoms with Crippen LogP contribution in [-0.2, 0) is 16.0 Å². The minimum absolute atomic E-state index is 0.0121. The van der Waals surface area contributed by atoms with E-state index in [1.165, 1.54) is 24.3 Å². The number of nitrogens with one attached hydrogen (secondary N) is 1. The maximum absolute atomic E-state index is 11.6. The molecule has 0 fully saturated rings. The Morgan fingerprint density at radius 1 is 1.37 bits per heavy atom. The predicted octanol–water partition coefficient (Wildman–Crippen LogP) is 1.12. The van der Waals surface area contributed by atoms with E-state index in [0.717, 1.165) is 0 Å². The molecule has 0 aromatic heterocycles. The first-order chi connectivity index (χ1) is 8.93. The quantitative estimate of drug-likeness (QED) is 0.592. The zero-order valence-corrected chi connectivity index (χ0v) is 10.3. The van der Waals surface area contributed by atoms with Crippen molar-refractivity contribution in [1.82, 2.24) is 5.32 Å². The van der Waals surface area contributed by atoms with Gasteiger partial charge in [-0.2, -0.15) is 0 Å². The summed E-state index contributed by atoms with van der Waals surface area (Å²) in [5, 5.41) is 21.6. The molecule has 0 saturated carbocycles. The molecule has 19 heavy (non-hydrogen) atoms. The Hall–Kier alpha value is -2.44. The third kappa shape index (κ3) is 4.38. The molecule has 0 aliphatic carbocycles. The topological polar surface area (TPSA) is 110 Å². The Bertz CT molecular complexity index is 483. The highest BCUT2D eigenvalue weighted by molar-refractivity contribution is 5.84. The number of aliphatic carboxylic acids is 1. The number of nitrogens with zero attached hydrogens (tertiary/aromatic N) is 1. The summed E-state index contributed by atoms with van der Waals surface area (Å²) in [6.45, 7) is 1.66. The molecule has 1 rings (SSSR count). The summed E-state index contributed by atoms with van der Waals surface area (Å²) in [7, 11) is 0. The Morgan fingerprint density at radius 3 is 2.37 bits per heavy atom. The molecule has 7 heteroatoms. The lowest BCUT2D eigenvalue weighted by molar-refractivity contribution is -0.384. The van der Waals surface area contributed by atoms with Crippen LogP contribution in [0, 0.1) is 10.1 Å². The maximum atomic E-state index is 11.6. The number of carboxylic acid groups (broad SMARTS) is 1. The standard InChI is InChI=1S/C12H14N2O5/c1-2-10(12(16)17)13-11(15)7-8-3-5-9(6-4-8)14(18)19/h3-6,10H,2,7H2,1H3,(H,13,15)(H,16,17). The molecule has 2 N–H and O–H groups in total. The van der Waals surface area contributed by atoms with Gasteiger partial charge in [0.25, 0.3) is 5.69 Å². The van der Waals surface area contributed by atoms with E-state index in [1.807, 2.05) is 0 Å². The molecule has 0 aliphatic rings. The molecule has 1 amide bonds. The molecule has 0 aliphatic heterocycles. The number of rotatable bonds is 6. The number of hydrogen-bond acceptors (Lipinski definition) is 4. The van der Waals surface area contributed by atoms with Crippen molar-refractivity contribution < 1.29 is 19.6 Å². The number of non-ortho nitro benzene ring substituents is 1. The summed E-state index contributed by atoms with van der Waals surface area (Å²) in [4.78, 5) is 32.3. The van der Waals surface area contributed by atoms with Gasteiger partial charge in [0, 0.05) is 12.1 Å². The van der Waals surface area contributed by atoms with Gasteiger partial charge in [0.1, 0.15) is 6.04 Å². The summed E-state index contributed by atoms with van der Waals surface area (Å²) < 4.78 is 0. The van der Waals surface area contributed by atoms with E-state index in [9.17, 15) is 19.7 Å². The molecule has 1 aromatic carbocycles. The molecule has 7 nitrogen and oxygen atoms in total. The molecular weight excluding hydrogens is 252 g/mol. The van der Waals surface area contributed by atoms with Crippen molar-refractivity contribution >= 4 is 17.6 Å². The largest absolute Gasteiger partial charge is 0.480 e. The van der Waals surface area contributed by atoms with E-state index in [0.29, 0.717) is 12.0 Å². The van der Waals surface area contributed by atoms with Crippen molar-refractivity contribution in [3.05, 3.63) is 39.9 Å². The second kappa shape index (κ2) is 6.48. The van der Waals surface area contributed by atoms with Crippen molar-refractivity contribution in [2.24, 2.45) is 0 Å². The van der Waals surface area contributed by atoms with E-state index in [2.05, 4.69) is 5.32 Å². The maximum Gasteiger partial charge on any atom is 0.326 e. The SMILES string of the molecule is CCC(NC(=O)Cc1ccc([N+](=O)[O-])cc1)C(=O)O. The normalized spacial score (nSPS) is 11.6. The van der Waals surface area contributed by atoms with Crippen LogP contribution in [0.3, 0.4) is 0 Å². The van der Waals surface area contributed by atoms with E-state index >= 15 is 0 Å². The lowest BCUT2D eigenvalue weighted by Gasteiger charge is -2.11. The second-order valence-corrected chi connectivity index (χ2v) is 3.97. The van der Waals surface area contributed by atoms with Crippen LogP contribution in [0.4, 0.5) is 5.69 Å². The molecule has 0 radical (unpaired) electrons. The highest BCUT2D eigenvalue weighted by Crippen LogP contribution is 2.12. The first kappa shape index (κ1) is 14.6. The van der Waals surface area contributed by atoms with Gasteiger partial charge in [0.2, 0.25) is 5.91 Å². The lowest BCUT2D eigenvalue weighted by atomic mass is 10.1. The number of carbonyl (C=O) groups is 2. The van der Waals surface area contributed by atoms with Crippen molar-refractivity contribution in [2.75, 3.05) is 0 Å². The van der Waals surface area contributed by atoms with Crippen LogP contribution < -0.4 is 5.32 Å². The van der Waals surface area contributed by atoms with Gasteiger partial charge < -0.3 is 10.4 Å². The summed E-state index contributed by atoms with van der Waals surface area (Å²) in [5.41, 5.74) is 0.532. The highest BCUT2D eigenvalue weighted by Gasteiger charge is 2.17. The van der Waals surface area contributed by atoms with Gasteiger partial charge in [0.05, 0.1) is 11.3 Å². The molecule has 1 unspecified atom stereocenters. The number of benzene rings is 1. The fourth-order valence-electron chi connectivity index (χ4n) is 1.50. The van der Waals surface area contributed by atoms with Gasteiger partial charge in [-0.25, -0.2) is 4.79 Å². The van der Waals surface area contributed by atoms with Crippen molar-refractivity contribution in [2.45, 2.75) is 25.8 Å². The van der Waals surface area contributed by atoms with E-state index < -0.39 is 22.8 Å². The minimum atomic E-state index is -1.08. The van der Waals surface area contributed by atoms with Gasteiger partial charge in [-0.1, -0.05) is 19.1 Å². The van der Waals surface area contributed by atoms with Crippen LogP contribution in [0.2, 0.25) is 0 Å². The number of nitro benzene ring substituents is 1. The summed E-state index contributed by atoms with van der Waals surface area (Å²) in [5.74, 6) is -1.51. The molecule has 0 spiro atoms. The van der Waals surface area contributed by atoms with Crippen molar-refractivity contribution in [3.8, 4) is 0 Å². The van der Waals surface area contributed by atoms with Crippen LogP contribution >= 0.6 is 0 Å². The number of carboxylic acids is 1. The van der Waals surface area contributed by atoms with E-state index in [1.54, 1.807) is 6.92 Å². The van der Waals surface area contributed by atoms with Gasteiger partial charge >= 0.3 is 5.97 Å². The van der Waals surface area contributed by atoms with Crippen molar-refractivity contribution in [1.29, 1.82) is 0 Å². The number of hydrogen-bond donors (Lipinski definition) is 2. The van der Waals surface area contributed by atoms with Crippen LogP contribution in [-0.4, -0.2) is 27.9 Å². The number of amides is 1. The molecule has 0 heterocycles.